The number of ether oxygens (including phenoxy) is 1. The first-order valence-corrected chi connectivity index (χ1v) is 8.65. The van der Waals surface area contributed by atoms with Crippen molar-refractivity contribution in [2.24, 2.45) is 0 Å². The molecule has 0 bridgehead atoms. The summed E-state index contributed by atoms with van der Waals surface area (Å²) in [6.45, 7) is 1.33. The van der Waals surface area contributed by atoms with Gasteiger partial charge < -0.3 is 9.64 Å². The number of nitrogens with zero attached hydrogens (tertiary/aromatic N) is 4. The summed E-state index contributed by atoms with van der Waals surface area (Å²) in [6, 6.07) is 9.56. The van der Waals surface area contributed by atoms with Gasteiger partial charge in [0.05, 0.1) is 6.20 Å². The first-order chi connectivity index (χ1) is 12.7. The van der Waals surface area contributed by atoms with Crippen LogP contribution in [0, 0.1) is 5.82 Å². The Hall–Kier alpha value is -2.96. The number of amides is 1. The molecule has 0 radical (unpaired) electrons. The highest BCUT2D eigenvalue weighted by molar-refractivity contribution is 5.77. The van der Waals surface area contributed by atoms with Crippen LogP contribution in [-0.4, -0.2) is 45.1 Å². The maximum atomic E-state index is 12.9. The molecular weight excluding hydrogens is 335 g/mol. The number of carbonyl (C=O) groups is 1. The van der Waals surface area contributed by atoms with Gasteiger partial charge in [-0.15, -0.1) is 0 Å². The molecular formula is C19H19FN4O2. The maximum Gasteiger partial charge on any atom is 0.260 e. The lowest BCUT2D eigenvalue weighted by atomic mass is 9.93. The predicted octanol–water partition coefficient (Wildman–Crippen LogP) is 2.65. The molecule has 0 atom stereocenters. The zero-order valence-corrected chi connectivity index (χ0v) is 14.2. The summed E-state index contributed by atoms with van der Waals surface area (Å²) in [5.74, 6) is 0.467. The van der Waals surface area contributed by atoms with Crippen molar-refractivity contribution in [2.45, 2.75) is 18.8 Å². The summed E-state index contributed by atoms with van der Waals surface area (Å²) in [6.07, 6.45) is 5.31. The molecule has 7 heteroatoms. The number of rotatable bonds is 4. The van der Waals surface area contributed by atoms with Crippen LogP contribution in [0.1, 0.15) is 24.5 Å². The molecule has 1 saturated heterocycles. The van der Waals surface area contributed by atoms with Gasteiger partial charge >= 0.3 is 0 Å². The summed E-state index contributed by atoms with van der Waals surface area (Å²) < 4.78 is 20.2. The van der Waals surface area contributed by atoms with Gasteiger partial charge in [-0.1, -0.05) is 0 Å². The summed E-state index contributed by atoms with van der Waals surface area (Å²) in [5.41, 5.74) is 1.98. The van der Waals surface area contributed by atoms with Crippen molar-refractivity contribution in [1.82, 2.24) is 19.5 Å². The zero-order chi connectivity index (χ0) is 17.9. The van der Waals surface area contributed by atoms with Crippen LogP contribution in [0.4, 0.5) is 4.39 Å². The van der Waals surface area contributed by atoms with Gasteiger partial charge in [0.15, 0.2) is 12.3 Å². The maximum absolute atomic E-state index is 12.9. The summed E-state index contributed by atoms with van der Waals surface area (Å²) in [4.78, 5) is 18.5. The summed E-state index contributed by atoms with van der Waals surface area (Å²) in [5, 5.41) is 4.34. The van der Waals surface area contributed by atoms with Gasteiger partial charge in [0, 0.05) is 37.0 Å². The van der Waals surface area contributed by atoms with E-state index in [-0.39, 0.29) is 18.3 Å². The van der Waals surface area contributed by atoms with Crippen LogP contribution >= 0.6 is 0 Å². The lowest BCUT2D eigenvalue weighted by Crippen LogP contribution is -2.40. The number of halogens is 1. The monoisotopic (exact) mass is 354 g/mol. The smallest absolute Gasteiger partial charge is 0.260 e. The molecule has 0 saturated carbocycles. The average molecular weight is 354 g/mol. The first-order valence-electron chi connectivity index (χ1n) is 8.65. The summed E-state index contributed by atoms with van der Waals surface area (Å²) >= 11 is 0. The van der Waals surface area contributed by atoms with Crippen molar-refractivity contribution in [3.05, 3.63) is 60.3 Å². The number of carbonyl (C=O) groups excluding carboxylic acids is 1. The molecule has 6 nitrogen and oxygen atoms in total. The number of fused-ring (bicyclic) bond motifs is 1. The molecule has 3 heterocycles. The quantitative estimate of drug-likeness (QED) is 0.723. The number of likely N-dealkylation sites (tertiary alicyclic amines) is 1. The number of hydrogen-bond acceptors (Lipinski definition) is 4. The molecule has 1 aromatic carbocycles. The second kappa shape index (κ2) is 7.11. The Balaban J connectivity index is 1.33. The van der Waals surface area contributed by atoms with E-state index in [2.05, 4.69) is 10.1 Å². The Bertz CT molecular complexity index is 901. The van der Waals surface area contributed by atoms with Crippen LogP contribution in [-0.2, 0) is 4.79 Å². The second-order valence-electron chi connectivity index (χ2n) is 6.37. The molecule has 134 valence electrons. The van der Waals surface area contributed by atoms with E-state index in [0.717, 1.165) is 24.2 Å². The van der Waals surface area contributed by atoms with Gasteiger partial charge in [0.25, 0.3) is 5.91 Å². The van der Waals surface area contributed by atoms with Gasteiger partial charge in [0.2, 0.25) is 0 Å². The molecule has 0 N–H and O–H groups in total. The van der Waals surface area contributed by atoms with Crippen LogP contribution in [0.2, 0.25) is 0 Å². The molecule has 4 rings (SSSR count). The third kappa shape index (κ3) is 3.37. The van der Waals surface area contributed by atoms with E-state index in [0.29, 0.717) is 24.8 Å². The number of aromatic nitrogens is 3. The van der Waals surface area contributed by atoms with Crippen LogP contribution in [0.5, 0.6) is 5.75 Å². The van der Waals surface area contributed by atoms with Gasteiger partial charge in [-0.25, -0.2) is 13.9 Å². The van der Waals surface area contributed by atoms with Crippen molar-refractivity contribution >= 4 is 11.6 Å². The molecule has 0 spiro atoms. The molecule has 0 aliphatic carbocycles. The average Bonchev–Trinajstić information content (AvgIpc) is 3.16. The van der Waals surface area contributed by atoms with Gasteiger partial charge in [-0.05, 0) is 43.2 Å². The van der Waals surface area contributed by atoms with E-state index >= 15 is 0 Å². The largest absolute Gasteiger partial charge is 0.484 e. The van der Waals surface area contributed by atoms with Crippen molar-refractivity contribution in [2.75, 3.05) is 19.7 Å². The standard InChI is InChI=1S/C19H19FN4O2/c20-15-1-3-16(4-2-15)26-13-19(25)23-11-7-14(8-12-23)17-5-9-21-18-6-10-22-24(17)18/h1-6,9-10,14H,7-8,11-13H2. The fourth-order valence-corrected chi connectivity index (χ4v) is 3.35. The van der Waals surface area contributed by atoms with E-state index in [1.807, 2.05) is 21.5 Å². The Kier molecular flexibility index (Phi) is 4.51. The van der Waals surface area contributed by atoms with E-state index in [1.165, 1.54) is 24.3 Å². The second-order valence-corrected chi connectivity index (χ2v) is 6.37. The normalized spacial score (nSPS) is 15.3. The number of piperidine rings is 1. The van der Waals surface area contributed by atoms with Crippen LogP contribution in [0.3, 0.4) is 0 Å². The summed E-state index contributed by atoms with van der Waals surface area (Å²) in [7, 11) is 0. The van der Waals surface area contributed by atoms with Crippen molar-refractivity contribution < 1.29 is 13.9 Å². The molecule has 26 heavy (non-hydrogen) atoms. The number of benzene rings is 1. The lowest BCUT2D eigenvalue weighted by molar-refractivity contribution is -0.134. The Morgan fingerprint density at radius 3 is 2.65 bits per heavy atom. The minimum atomic E-state index is -0.326. The van der Waals surface area contributed by atoms with Crippen molar-refractivity contribution in [3.8, 4) is 5.75 Å². The Morgan fingerprint density at radius 1 is 1.12 bits per heavy atom. The van der Waals surface area contributed by atoms with Gasteiger partial charge in [-0.3, -0.25) is 4.79 Å². The molecule has 2 aromatic heterocycles. The number of hydrogen-bond donors (Lipinski definition) is 0. The van der Waals surface area contributed by atoms with Crippen molar-refractivity contribution in [1.29, 1.82) is 0 Å². The SMILES string of the molecule is O=C(COc1ccc(F)cc1)N1CCC(c2ccnc3ccnn23)CC1. The fourth-order valence-electron chi connectivity index (χ4n) is 3.35. The highest BCUT2D eigenvalue weighted by Gasteiger charge is 2.25. The Morgan fingerprint density at radius 2 is 1.88 bits per heavy atom. The van der Waals surface area contributed by atoms with E-state index in [1.54, 1.807) is 12.4 Å². The van der Waals surface area contributed by atoms with Gasteiger partial charge in [-0.2, -0.15) is 5.10 Å². The van der Waals surface area contributed by atoms with Crippen LogP contribution in [0.15, 0.2) is 48.8 Å². The van der Waals surface area contributed by atoms with E-state index < -0.39 is 0 Å². The lowest BCUT2D eigenvalue weighted by Gasteiger charge is -2.32. The molecule has 1 fully saturated rings. The molecule has 0 unspecified atom stereocenters. The van der Waals surface area contributed by atoms with Crippen LogP contribution in [0.25, 0.3) is 5.65 Å². The topological polar surface area (TPSA) is 59.7 Å². The van der Waals surface area contributed by atoms with Gasteiger partial charge in [0.1, 0.15) is 11.6 Å². The molecule has 3 aromatic rings. The molecule has 1 aliphatic heterocycles. The minimum Gasteiger partial charge on any atom is -0.484 e. The molecule has 1 amide bonds. The molecule has 1 aliphatic rings. The highest BCUT2D eigenvalue weighted by Crippen LogP contribution is 2.28. The fraction of sp³-hybridized carbons (Fsp3) is 0.316. The predicted molar refractivity (Wildman–Crippen MR) is 93.4 cm³/mol. The third-order valence-electron chi connectivity index (χ3n) is 4.76. The highest BCUT2D eigenvalue weighted by atomic mass is 19.1. The van der Waals surface area contributed by atoms with Crippen LogP contribution < -0.4 is 4.74 Å². The minimum absolute atomic E-state index is 0.0328. The zero-order valence-electron chi connectivity index (χ0n) is 14.2. The first kappa shape index (κ1) is 16.5. The van der Waals surface area contributed by atoms with Crippen molar-refractivity contribution in [3.63, 3.8) is 0 Å². The van der Waals surface area contributed by atoms with E-state index in [9.17, 15) is 9.18 Å². The third-order valence-corrected chi connectivity index (χ3v) is 4.76. The van der Waals surface area contributed by atoms with E-state index in [4.69, 9.17) is 4.74 Å². The Labute approximate surface area is 150 Å².